The number of nitrogens with one attached hydrogen (secondary N) is 2. The molecular weight excluding hydrogens is 346 g/mol. The van der Waals surface area contributed by atoms with Crippen LogP contribution in [0.4, 0.5) is 17.6 Å². The van der Waals surface area contributed by atoms with Crippen molar-refractivity contribution >= 4 is 45.1 Å². The van der Waals surface area contributed by atoms with Gasteiger partial charge in [0, 0.05) is 22.8 Å². The van der Waals surface area contributed by atoms with E-state index in [0.29, 0.717) is 24.2 Å². The average molecular weight is 359 g/mol. The van der Waals surface area contributed by atoms with E-state index in [1.807, 2.05) is 25.1 Å². The third-order valence-electron chi connectivity index (χ3n) is 2.31. The van der Waals surface area contributed by atoms with E-state index in [1.54, 1.807) is 7.11 Å². The summed E-state index contributed by atoms with van der Waals surface area (Å²) in [6.45, 7) is 2.65. The van der Waals surface area contributed by atoms with Gasteiger partial charge in [-0.25, -0.2) is 0 Å². The van der Waals surface area contributed by atoms with Crippen molar-refractivity contribution in [2.24, 2.45) is 0 Å². The molecule has 20 heavy (non-hydrogen) atoms. The van der Waals surface area contributed by atoms with E-state index in [0.717, 1.165) is 10.2 Å². The number of nitrogens with zero attached hydrogens (tertiary/aromatic N) is 3. The quantitative estimate of drug-likeness (QED) is 0.852. The summed E-state index contributed by atoms with van der Waals surface area (Å²) < 4.78 is 6.08. The number of hydrogen-bond donors (Lipinski definition) is 2. The zero-order valence-corrected chi connectivity index (χ0v) is 13.3. The molecule has 0 atom stereocenters. The predicted molar refractivity (Wildman–Crippen MR) is 83.0 cm³/mol. The molecule has 2 aromatic rings. The number of methoxy groups -OCH3 is 1. The third kappa shape index (κ3) is 3.94. The maximum absolute atomic E-state index is 5.87. The lowest BCUT2D eigenvalue weighted by atomic mass is 10.3. The largest absolute Gasteiger partial charge is 0.497 e. The Balaban J connectivity index is 2.27. The molecule has 0 unspecified atom stereocenters. The van der Waals surface area contributed by atoms with Gasteiger partial charge in [0.15, 0.2) is 0 Å². The van der Waals surface area contributed by atoms with Gasteiger partial charge in [0.1, 0.15) is 5.75 Å². The lowest BCUT2D eigenvalue weighted by Gasteiger charge is -2.09. The van der Waals surface area contributed by atoms with Gasteiger partial charge in [-0.15, -0.1) is 0 Å². The minimum absolute atomic E-state index is 0.125. The van der Waals surface area contributed by atoms with E-state index in [-0.39, 0.29) is 5.28 Å². The van der Waals surface area contributed by atoms with Crippen LogP contribution in [0.15, 0.2) is 22.7 Å². The first-order valence-corrected chi connectivity index (χ1v) is 7.05. The molecule has 0 aliphatic rings. The van der Waals surface area contributed by atoms with Crippen molar-refractivity contribution in [2.75, 3.05) is 24.3 Å². The molecule has 0 amide bonds. The van der Waals surface area contributed by atoms with Crippen LogP contribution in [0.3, 0.4) is 0 Å². The van der Waals surface area contributed by atoms with Crippen LogP contribution in [0.2, 0.25) is 5.28 Å². The minimum Gasteiger partial charge on any atom is -0.497 e. The Morgan fingerprint density at radius 3 is 2.65 bits per heavy atom. The number of rotatable bonds is 5. The molecule has 0 aliphatic carbocycles. The van der Waals surface area contributed by atoms with Crippen LogP contribution in [0.1, 0.15) is 6.92 Å². The summed E-state index contributed by atoms with van der Waals surface area (Å²) in [5, 5.41) is 6.18. The molecular formula is C12H13BrClN5O. The van der Waals surface area contributed by atoms with Crippen LogP contribution >= 0.6 is 27.5 Å². The SMILES string of the molecule is CCNc1nc(Cl)nc(Nc2cc(Br)cc(OC)c2)n1. The first-order valence-electron chi connectivity index (χ1n) is 5.87. The van der Waals surface area contributed by atoms with Crippen LogP contribution in [-0.4, -0.2) is 28.6 Å². The average Bonchev–Trinajstić information content (AvgIpc) is 2.37. The Kier molecular flexibility index (Phi) is 4.97. The van der Waals surface area contributed by atoms with Crippen molar-refractivity contribution in [1.82, 2.24) is 15.0 Å². The molecule has 0 radical (unpaired) electrons. The fraction of sp³-hybridized carbons (Fsp3) is 0.250. The van der Waals surface area contributed by atoms with Crippen molar-refractivity contribution in [3.05, 3.63) is 28.0 Å². The van der Waals surface area contributed by atoms with Crippen molar-refractivity contribution < 1.29 is 4.74 Å². The zero-order valence-electron chi connectivity index (χ0n) is 10.9. The Hall–Kier alpha value is -1.60. The molecule has 2 rings (SSSR count). The van der Waals surface area contributed by atoms with E-state index in [2.05, 4.69) is 41.5 Å². The molecule has 2 N–H and O–H groups in total. The van der Waals surface area contributed by atoms with Gasteiger partial charge in [0.25, 0.3) is 0 Å². The lowest BCUT2D eigenvalue weighted by molar-refractivity contribution is 0.415. The Morgan fingerprint density at radius 2 is 1.95 bits per heavy atom. The molecule has 0 fully saturated rings. The second kappa shape index (κ2) is 6.71. The van der Waals surface area contributed by atoms with Gasteiger partial charge in [-0.1, -0.05) is 15.9 Å². The van der Waals surface area contributed by atoms with Crippen molar-refractivity contribution in [3.63, 3.8) is 0 Å². The number of aromatic nitrogens is 3. The summed E-state index contributed by atoms with van der Waals surface area (Å²) in [6.07, 6.45) is 0. The fourth-order valence-corrected chi connectivity index (χ4v) is 2.16. The normalized spacial score (nSPS) is 10.2. The first-order chi connectivity index (χ1) is 9.60. The fourth-order valence-electron chi connectivity index (χ4n) is 1.52. The number of hydrogen-bond acceptors (Lipinski definition) is 6. The second-order valence-electron chi connectivity index (χ2n) is 3.79. The van der Waals surface area contributed by atoms with E-state index in [1.165, 1.54) is 0 Å². The molecule has 1 aromatic heterocycles. The van der Waals surface area contributed by atoms with Crippen LogP contribution in [0.5, 0.6) is 5.75 Å². The van der Waals surface area contributed by atoms with E-state index >= 15 is 0 Å². The molecule has 0 saturated heterocycles. The molecule has 6 nitrogen and oxygen atoms in total. The summed E-state index contributed by atoms with van der Waals surface area (Å²) >= 11 is 9.28. The Labute approximate surface area is 130 Å². The molecule has 0 spiro atoms. The van der Waals surface area contributed by atoms with Crippen LogP contribution in [0.25, 0.3) is 0 Å². The number of halogens is 2. The molecule has 1 heterocycles. The molecule has 0 aliphatic heterocycles. The van der Waals surface area contributed by atoms with Crippen LogP contribution < -0.4 is 15.4 Å². The summed E-state index contributed by atoms with van der Waals surface area (Å²) in [5.41, 5.74) is 0.779. The van der Waals surface area contributed by atoms with Gasteiger partial charge in [0.05, 0.1) is 7.11 Å². The highest BCUT2D eigenvalue weighted by atomic mass is 79.9. The molecule has 0 saturated carbocycles. The summed E-state index contributed by atoms with van der Waals surface area (Å²) in [4.78, 5) is 12.2. The van der Waals surface area contributed by atoms with E-state index < -0.39 is 0 Å². The molecule has 8 heteroatoms. The summed E-state index contributed by atoms with van der Waals surface area (Å²) in [5.74, 6) is 1.51. The van der Waals surface area contributed by atoms with Gasteiger partial charge >= 0.3 is 0 Å². The lowest BCUT2D eigenvalue weighted by Crippen LogP contribution is -2.06. The summed E-state index contributed by atoms with van der Waals surface area (Å²) in [7, 11) is 1.61. The van der Waals surface area contributed by atoms with Crippen LogP contribution in [0, 0.1) is 0 Å². The maximum atomic E-state index is 5.87. The summed E-state index contributed by atoms with van der Waals surface area (Å²) in [6, 6.07) is 5.57. The maximum Gasteiger partial charge on any atom is 0.233 e. The number of anilines is 3. The third-order valence-corrected chi connectivity index (χ3v) is 2.93. The van der Waals surface area contributed by atoms with Crippen molar-refractivity contribution in [2.45, 2.75) is 6.92 Å². The van der Waals surface area contributed by atoms with Gasteiger partial charge in [-0.05, 0) is 30.7 Å². The van der Waals surface area contributed by atoms with Gasteiger partial charge in [-0.2, -0.15) is 15.0 Å². The number of benzene rings is 1. The van der Waals surface area contributed by atoms with Gasteiger partial charge in [0.2, 0.25) is 17.2 Å². The van der Waals surface area contributed by atoms with Crippen LogP contribution in [-0.2, 0) is 0 Å². The van der Waals surface area contributed by atoms with Gasteiger partial charge in [-0.3, -0.25) is 0 Å². The first kappa shape index (κ1) is 14.8. The second-order valence-corrected chi connectivity index (χ2v) is 5.04. The standard InChI is InChI=1S/C12H13BrClN5O/c1-3-15-11-17-10(14)18-12(19-11)16-8-4-7(13)5-9(6-8)20-2/h4-6H,3H2,1-2H3,(H2,15,16,17,18,19). The highest BCUT2D eigenvalue weighted by Gasteiger charge is 2.06. The highest BCUT2D eigenvalue weighted by molar-refractivity contribution is 9.10. The molecule has 1 aromatic carbocycles. The Bertz CT molecular complexity index is 610. The number of ether oxygens (including phenoxy) is 1. The predicted octanol–water partition coefficient (Wildman–Crippen LogP) is 3.47. The smallest absolute Gasteiger partial charge is 0.233 e. The molecule has 106 valence electrons. The highest BCUT2D eigenvalue weighted by Crippen LogP contribution is 2.26. The Morgan fingerprint density at radius 1 is 1.20 bits per heavy atom. The van der Waals surface area contributed by atoms with Crippen molar-refractivity contribution in [3.8, 4) is 5.75 Å². The topological polar surface area (TPSA) is 72.0 Å². The monoisotopic (exact) mass is 357 g/mol. The minimum atomic E-state index is 0.125. The van der Waals surface area contributed by atoms with E-state index in [4.69, 9.17) is 16.3 Å². The van der Waals surface area contributed by atoms with E-state index in [9.17, 15) is 0 Å². The zero-order chi connectivity index (χ0) is 14.5. The molecule has 0 bridgehead atoms. The van der Waals surface area contributed by atoms with Crippen molar-refractivity contribution in [1.29, 1.82) is 0 Å². The van der Waals surface area contributed by atoms with Gasteiger partial charge < -0.3 is 15.4 Å².